The van der Waals surface area contributed by atoms with Crippen LogP contribution >= 0.6 is 0 Å². The molecule has 1 rings (SSSR count). The first kappa shape index (κ1) is 10.0. The van der Waals surface area contributed by atoms with Crippen molar-refractivity contribution in [3.05, 3.63) is 17.0 Å². The van der Waals surface area contributed by atoms with Crippen molar-refractivity contribution < 1.29 is 13.2 Å². The Balaban J connectivity index is 3.26. The Hall–Kier alpha value is -1.04. The summed E-state index contributed by atoms with van der Waals surface area (Å²) in [5, 5.41) is 3.36. The molecule has 3 nitrogen and oxygen atoms in total. The number of nitrogens with zero attached hydrogens (tertiary/aromatic N) is 2. The number of rotatable bonds is 1. The van der Waals surface area contributed by atoms with Gasteiger partial charge in [0.25, 0.3) is 0 Å². The smallest absolute Gasteiger partial charge is 0.326 e. The summed E-state index contributed by atoms with van der Waals surface area (Å²) >= 11 is 0. The summed E-state index contributed by atoms with van der Waals surface area (Å²) in [4.78, 5) is 0. The Morgan fingerprint density at radius 1 is 1.38 bits per heavy atom. The molecular formula is C7H10F3N3. The van der Waals surface area contributed by atoms with Crippen LogP contribution in [-0.2, 0) is 12.8 Å². The minimum Gasteiger partial charge on any atom is -0.326 e. The van der Waals surface area contributed by atoms with Gasteiger partial charge in [-0.15, -0.1) is 13.2 Å². The van der Waals surface area contributed by atoms with Crippen molar-refractivity contribution >= 4 is 0 Å². The van der Waals surface area contributed by atoms with Gasteiger partial charge in [0.1, 0.15) is 0 Å². The van der Waals surface area contributed by atoms with E-state index in [2.05, 4.69) is 5.10 Å². The first-order chi connectivity index (χ1) is 5.88. The maximum absolute atomic E-state index is 12.2. The van der Waals surface area contributed by atoms with Gasteiger partial charge in [0, 0.05) is 17.8 Å². The largest absolute Gasteiger partial charge is 0.504 e. The first-order valence-corrected chi connectivity index (χ1v) is 3.70. The molecule has 6 heteroatoms. The second-order valence-electron chi connectivity index (χ2n) is 2.73. The number of nitrogens with two attached hydrogens (primary N) is 1. The van der Waals surface area contributed by atoms with Gasteiger partial charge in [-0.3, -0.25) is 0 Å². The molecule has 0 aromatic carbocycles. The Morgan fingerprint density at radius 2 is 1.92 bits per heavy atom. The van der Waals surface area contributed by atoms with Gasteiger partial charge in [-0.2, -0.15) is 9.78 Å². The zero-order valence-corrected chi connectivity index (χ0v) is 7.31. The van der Waals surface area contributed by atoms with Crippen molar-refractivity contribution in [3.63, 3.8) is 0 Å². The molecule has 0 aliphatic carbocycles. The van der Waals surface area contributed by atoms with Gasteiger partial charge in [0.2, 0.25) is 0 Å². The quantitative estimate of drug-likeness (QED) is 0.733. The van der Waals surface area contributed by atoms with E-state index in [0.717, 1.165) is 0 Å². The van der Waals surface area contributed by atoms with E-state index in [4.69, 9.17) is 5.73 Å². The number of halogens is 3. The third kappa shape index (κ3) is 1.67. The summed E-state index contributed by atoms with van der Waals surface area (Å²) in [5.41, 5.74) is 6.14. The summed E-state index contributed by atoms with van der Waals surface area (Å²) < 4.78 is 36.8. The van der Waals surface area contributed by atoms with Crippen LogP contribution in [0.1, 0.15) is 17.0 Å². The van der Waals surface area contributed by atoms with Gasteiger partial charge < -0.3 is 5.73 Å². The molecule has 0 fully saturated rings. The summed E-state index contributed by atoms with van der Waals surface area (Å²) in [6.45, 7) is 2.95. The summed E-state index contributed by atoms with van der Waals surface area (Å²) in [7, 11) is 0. The monoisotopic (exact) mass is 193 g/mol. The van der Waals surface area contributed by atoms with E-state index in [1.54, 1.807) is 0 Å². The van der Waals surface area contributed by atoms with E-state index in [-0.39, 0.29) is 16.9 Å². The van der Waals surface area contributed by atoms with Crippen molar-refractivity contribution in [1.82, 2.24) is 9.78 Å². The van der Waals surface area contributed by atoms with E-state index >= 15 is 0 Å². The molecule has 0 aliphatic rings. The van der Waals surface area contributed by atoms with Crippen LogP contribution in [0.15, 0.2) is 0 Å². The normalized spacial score (nSPS) is 12.2. The Kier molecular flexibility index (Phi) is 2.34. The lowest BCUT2D eigenvalue weighted by Crippen LogP contribution is -2.20. The van der Waals surface area contributed by atoms with Crippen LogP contribution < -0.4 is 5.73 Å². The Bertz CT molecular complexity index is 314. The van der Waals surface area contributed by atoms with Crippen molar-refractivity contribution in [2.45, 2.75) is 26.7 Å². The minimum atomic E-state index is -4.46. The summed E-state index contributed by atoms with van der Waals surface area (Å²) in [5.74, 6) is 0. The molecule has 1 aromatic rings. The van der Waals surface area contributed by atoms with E-state index in [0.29, 0.717) is 11.3 Å². The second kappa shape index (κ2) is 3.02. The molecule has 74 valence electrons. The van der Waals surface area contributed by atoms with Crippen molar-refractivity contribution in [2.24, 2.45) is 5.73 Å². The SMILES string of the molecule is Cc1nn(C(F)(F)F)c(C)c1CN. The lowest BCUT2D eigenvalue weighted by atomic mass is 10.2. The third-order valence-electron chi connectivity index (χ3n) is 1.89. The van der Waals surface area contributed by atoms with Gasteiger partial charge in [-0.1, -0.05) is 0 Å². The van der Waals surface area contributed by atoms with Gasteiger partial charge in [0.05, 0.1) is 5.69 Å². The zero-order valence-electron chi connectivity index (χ0n) is 7.31. The van der Waals surface area contributed by atoms with E-state index in [1.165, 1.54) is 13.8 Å². The fraction of sp³-hybridized carbons (Fsp3) is 0.571. The number of aryl methyl sites for hydroxylation is 1. The van der Waals surface area contributed by atoms with Crippen LogP contribution in [0.4, 0.5) is 13.2 Å². The molecule has 0 saturated carbocycles. The van der Waals surface area contributed by atoms with Crippen LogP contribution in [-0.4, -0.2) is 9.78 Å². The van der Waals surface area contributed by atoms with Crippen LogP contribution in [0.5, 0.6) is 0 Å². The maximum atomic E-state index is 12.2. The Labute approximate surface area is 73.3 Å². The Morgan fingerprint density at radius 3 is 2.15 bits per heavy atom. The van der Waals surface area contributed by atoms with Gasteiger partial charge >= 0.3 is 6.30 Å². The second-order valence-corrected chi connectivity index (χ2v) is 2.73. The van der Waals surface area contributed by atoms with Crippen LogP contribution in [0, 0.1) is 13.8 Å². The minimum absolute atomic E-state index is 0.0462. The van der Waals surface area contributed by atoms with Crippen LogP contribution in [0.3, 0.4) is 0 Å². The fourth-order valence-electron chi connectivity index (χ4n) is 1.22. The van der Waals surface area contributed by atoms with Gasteiger partial charge in [-0.25, -0.2) is 0 Å². The maximum Gasteiger partial charge on any atom is 0.504 e. The molecule has 0 radical (unpaired) electrons. The molecule has 0 spiro atoms. The van der Waals surface area contributed by atoms with Gasteiger partial charge in [-0.05, 0) is 13.8 Å². The molecule has 1 aromatic heterocycles. The topological polar surface area (TPSA) is 43.8 Å². The highest BCUT2D eigenvalue weighted by Crippen LogP contribution is 2.25. The molecular weight excluding hydrogens is 183 g/mol. The van der Waals surface area contributed by atoms with E-state index in [9.17, 15) is 13.2 Å². The van der Waals surface area contributed by atoms with E-state index < -0.39 is 6.30 Å². The molecule has 13 heavy (non-hydrogen) atoms. The highest BCUT2D eigenvalue weighted by Gasteiger charge is 2.34. The highest BCUT2D eigenvalue weighted by molar-refractivity contribution is 5.24. The number of aromatic nitrogens is 2. The average molecular weight is 193 g/mol. The van der Waals surface area contributed by atoms with Crippen molar-refractivity contribution in [2.75, 3.05) is 0 Å². The molecule has 0 amide bonds. The van der Waals surface area contributed by atoms with Crippen LogP contribution in [0.2, 0.25) is 0 Å². The number of hydrogen-bond donors (Lipinski definition) is 1. The number of alkyl halides is 3. The predicted octanol–water partition coefficient (Wildman–Crippen LogP) is 1.43. The number of hydrogen-bond acceptors (Lipinski definition) is 2. The predicted molar refractivity (Wildman–Crippen MR) is 40.9 cm³/mol. The average Bonchev–Trinajstić information content (AvgIpc) is 2.25. The lowest BCUT2D eigenvalue weighted by Gasteiger charge is -2.07. The van der Waals surface area contributed by atoms with Gasteiger partial charge in [0.15, 0.2) is 0 Å². The zero-order chi connectivity index (χ0) is 10.2. The molecule has 1 heterocycles. The summed E-state index contributed by atoms with van der Waals surface area (Å²) in [6.07, 6.45) is -4.46. The molecule has 0 saturated heterocycles. The standard InChI is InChI=1S/C7H10F3N3/c1-4-6(3-11)5(2)13(12-4)7(8,9)10/h3,11H2,1-2H3. The lowest BCUT2D eigenvalue weighted by molar-refractivity contribution is -0.213. The highest BCUT2D eigenvalue weighted by atomic mass is 19.4. The third-order valence-corrected chi connectivity index (χ3v) is 1.89. The van der Waals surface area contributed by atoms with Crippen molar-refractivity contribution in [1.29, 1.82) is 0 Å². The molecule has 2 N–H and O–H groups in total. The van der Waals surface area contributed by atoms with Crippen LogP contribution in [0.25, 0.3) is 0 Å². The molecule has 0 aliphatic heterocycles. The first-order valence-electron chi connectivity index (χ1n) is 3.70. The van der Waals surface area contributed by atoms with Crippen molar-refractivity contribution in [3.8, 4) is 0 Å². The molecule has 0 atom stereocenters. The molecule has 0 unspecified atom stereocenters. The summed E-state index contributed by atoms with van der Waals surface area (Å²) in [6, 6.07) is 0. The van der Waals surface area contributed by atoms with E-state index in [1.807, 2.05) is 0 Å². The molecule has 0 bridgehead atoms. The fourth-order valence-corrected chi connectivity index (χ4v) is 1.22.